The fourth-order valence-electron chi connectivity index (χ4n) is 19.3. The molecule has 5 fully saturated rings. The van der Waals surface area contributed by atoms with Crippen LogP contribution in [0.5, 0.6) is 0 Å². The Kier molecular flexibility index (Phi) is 25.2. The van der Waals surface area contributed by atoms with Crippen LogP contribution >= 0.6 is 91.5 Å². The lowest BCUT2D eigenvalue weighted by Gasteiger charge is -2.46. The first-order valence-electron chi connectivity index (χ1n) is 40.0. The van der Waals surface area contributed by atoms with Gasteiger partial charge in [0.15, 0.2) is 0 Å². The lowest BCUT2D eigenvalue weighted by Crippen LogP contribution is -2.50. The number of rotatable bonds is 5. The number of nitrogens with zero attached hydrogens (tertiary/aromatic N) is 13. The second kappa shape index (κ2) is 34.4. The van der Waals surface area contributed by atoms with Gasteiger partial charge in [0.1, 0.15) is 68.3 Å². The number of aliphatic hydroxyl groups is 5. The molecule has 10 aromatic rings. The molecule has 0 aliphatic carbocycles. The number of hydrogen-bond acceptors (Lipinski definition) is 28. The first-order valence-corrected chi connectivity index (χ1v) is 45.2. The molecule has 656 valence electrons. The minimum atomic E-state index is -4.44. The summed E-state index contributed by atoms with van der Waals surface area (Å²) in [4.78, 5) is 11.8. The molecule has 20 rings (SSSR count). The van der Waals surface area contributed by atoms with E-state index in [9.17, 15) is 51.9 Å². The van der Waals surface area contributed by atoms with Gasteiger partial charge in [-0.2, -0.15) is 26.3 Å². The van der Waals surface area contributed by atoms with Crippen molar-refractivity contribution < 1.29 is 75.6 Å². The summed E-state index contributed by atoms with van der Waals surface area (Å²) < 4.78 is 121. The van der Waals surface area contributed by atoms with Gasteiger partial charge in [-0.15, -0.1) is 72.0 Å². The number of imidazole rings is 2. The predicted molar refractivity (Wildman–Crippen MR) is 442 cm³/mol. The fraction of sp³-hybridized carbons (Fsp3) is 0.595. The van der Waals surface area contributed by atoms with Gasteiger partial charge >= 0.3 is 12.4 Å². The zero-order chi connectivity index (χ0) is 85.9. The molecular weight excluding hydrogens is 1740 g/mol. The highest BCUT2D eigenvalue weighted by molar-refractivity contribution is 7.17. The molecule has 121 heavy (non-hydrogen) atoms. The molecule has 5 saturated heterocycles. The van der Waals surface area contributed by atoms with Crippen molar-refractivity contribution in [1.29, 1.82) is 0 Å². The number of aryl methyl sites for hydroxylation is 5. The fourth-order valence-corrected chi connectivity index (χ4v) is 26.2. The lowest BCUT2D eigenvalue weighted by atomic mass is 9.78. The SMILES string of the molecule is C[C@H]1CC2(CC(c3cn(C)cn3)N1)OCC(O)c1cc(Cl)sc12.C[C@H]1CC2(CC(c3cn(C)cn3)N1)OC[C@H](O)c1cc(Cl)sc12.C[C@H]1C[C@@]2(C[C@@H](c3cn(C)nn3)N1)OC[C@@H](O)c1cc(C(F)(F)F)sc12.C[C@H]1C[C@@]2(C[C@@H](c3cn(C)nn3)N1)OC[C@H](O)c1cc(C(F)(F)F)sc12.C[C@H]1C[C@@]2(C[C@@H](c3cn(C)nn3)N1)OC[C@H](O)c1cc(Cl)sc12. The number of piperidine rings is 5. The van der Waals surface area contributed by atoms with E-state index in [2.05, 4.69) is 88.3 Å². The minimum Gasteiger partial charge on any atom is -0.386 e. The van der Waals surface area contributed by atoms with E-state index in [1.807, 2.05) is 93.6 Å². The van der Waals surface area contributed by atoms with Crippen LogP contribution in [0, 0.1) is 0 Å². The average molecular weight is 1840 g/mol. The van der Waals surface area contributed by atoms with Crippen molar-refractivity contribution in [3.05, 3.63) is 177 Å². The van der Waals surface area contributed by atoms with Crippen LogP contribution in [0.1, 0.15) is 250 Å². The lowest BCUT2D eigenvalue weighted by molar-refractivity contribution is -0.135. The molecule has 20 atom stereocenters. The molecule has 5 unspecified atom stereocenters. The van der Waals surface area contributed by atoms with Crippen LogP contribution in [0.15, 0.2) is 74.0 Å². The van der Waals surface area contributed by atoms with Crippen molar-refractivity contribution in [3.8, 4) is 0 Å². The predicted octanol–water partition coefficient (Wildman–Crippen LogP) is 13.5. The summed E-state index contributed by atoms with van der Waals surface area (Å²) in [6, 6.07) is 8.60. The van der Waals surface area contributed by atoms with E-state index in [0.29, 0.717) is 114 Å². The quantitative estimate of drug-likeness (QED) is 0.0716. The number of ether oxygens (including phenoxy) is 5. The number of halogens is 9. The molecular formula is C79H97Cl3F6N18O10S5. The number of hydrogen-bond donors (Lipinski definition) is 10. The third-order valence-corrected chi connectivity index (χ3v) is 31.3. The maximum absolute atomic E-state index is 13.2. The van der Waals surface area contributed by atoms with Gasteiger partial charge in [0.25, 0.3) is 0 Å². The Labute approximate surface area is 728 Å². The first kappa shape index (κ1) is 88.6. The second-order valence-corrected chi connectivity index (χ2v) is 41.1. The third-order valence-electron chi connectivity index (χ3n) is 24.1. The van der Waals surface area contributed by atoms with E-state index >= 15 is 0 Å². The summed E-state index contributed by atoms with van der Waals surface area (Å²) in [5, 5.41) is 93.2. The Morgan fingerprint density at radius 3 is 0.802 bits per heavy atom. The zero-order valence-corrected chi connectivity index (χ0v) is 74.1. The standard InChI is InChI=1S/2C16H20ClN3O2S.2C16H19F3N4O2S.C15H19ClN4O2S/c2*1-9-4-16(5-11(19-9)12-6-20(2)8-18-12)15-10(3-14(17)23-15)13(21)7-22-16;2*1-8-4-15(5-10(20-8)11-6-23(2)22-21-11)14-9(12(24)7-25-15)3-13(26-14)16(17,18)19;1-8-4-15(5-10(17-8)11-6-20(2)19-18-11)14-9(3-13(16)23-14)12(21)7-22-15/h2*3,6,8-9,11,13,19,21H,4-5,7H2,1-2H3;2*3,6,8,10,12,20,24H,4-5,7H2,1-2H3;3,6,8,10,12,17,21H,4-5,7H2,1-2H3/t9-,11?,13?,16?;9-,11?,13-,16?;8-,10-,12+,15-;2*8-,10-,12-,15-/m00000/s1. The summed E-state index contributed by atoms with van der Waals surface area (Å²) in [5.41, 5.74) is 4.93. The Balaban J connectivity index is 0.000000113. The zero-order valence-electron chi connectivity index (χ0n) is 67.7. The Bertz CT molecular complexity index is 4900. The highest BCUT2D eigenvalue weighted by Crippen LogP contribution is 2.59. The number of alkyl halides is 6. The van der Waals surface area contributed by atoms with Gasteiger partial charge in [-0.1, -0.05) is 50.4 Å². The van der Waals surface area contributed by atoms with Gasteiger partial charge in [0, 0.05) is 181 Å². The molecule has 28 nitrogen and oxygen atoms in total. The summed E-state index contributed by atoms with van der Waals surface area (Å²) in [7, 11) is 9.34. The van der Waals surface area contributed by atoms with Crippen molar-refractivity contribution in [2.45, 2.75) is 230 Å². The van der Waals surface area contributed by atoms with Gasteiger partial charge in [-0.05, 0) is 97.1 Å². The Morgan fingerprint density at radius 1 is 0.355 bits per heavy atom. The second-order valence-electron chi connectivity index (χ2n) is 33.9. The maximum Gasteiger partial charge on any atom is 0.425 e. The molecule has 42 heteroatoms. The molecule has 0 saturated carbocycles. The molecule has 5 spiro atoms. The number of nitrogens with one attached hydrogen (secondary N) is 5. The Morgan fingerprint density at radius 2 is 0.587 bits per heavy atom. The van der Waals surface area contributed by atoms with Crippen molar-refractivity contribution >= 4 is 91.5 Å². The number of fused-ring (bicyclic) bond motifs is 10. The molecule has 20 heterocycles. The summed E-state index contributed by atoms with van der Waals surface area (Å²) in [6.07, 6.45) is 7.39. The minimum absolute atomic E-state index is 0.00952. The molecule has 10 N–H and O–H groups in total. The van der Waals surface area contributed by atoms with Gasteiger partial charge in [0.05, 0.1) is 117 Å². The summed E-state index contributed by atoms with van der Waals surface area (Å²) >= 11 is 24.6. The molecule has 10 aliphatic rings. The normalized spacial score (nSPS) is 33.0. The molecule has 0 amide bonds. The smallest absolute Gasteiger partial charge is 0.386 e. The van der Waals surface area contributed by atoms with Crippen molar-refractivity contribution in [2.24, 2.45) is 35.2 Å². The van der Waals surface area contributed by atoms with E-state index in [4.69, 9.17) is 58.5 Å². The van der Waals surface area contributed by atoms with Gasteiger partial charge in [-0.25, -0.2) is 9.97 Å². The van der Waals surface area contributed by atoms with Crippen molar-refractivity contribution in [3.63, 3.8) is 0 Å². The largest absolute Gasteiger partial charge is 0.425 e. The van der Waals surface area contributed by atoms with Crippen LogP contribution in [0.3, 0.4) is 0 Å². The molecule has 0 radical (unpaired) electrons. The van der Waals surface area contributed by atoms with Crippen LogP contribution in [0.2, 0.25) is 13.0 Å². The highest BCUT2D eigenvalue weighted by Gasteiger charge is 2.56. The van der Waals surface area contributed by atoms with Crippen molar-refractivity contribution in [1.82, 2.24) is 90.7 Å². The van der Waals surface area contributed by atoms with Crippen molar-refractivity contribution in [2.75, 3.05) is 33.0 Å². The molecule has 0 aromatic carbocycles. The molecule has 0 bridgehead atoms. The van der Waals surface area contributed by atoms with E-state index in [1.165, 1.54) is 34.0 Å². The third kappa shape index (κ3) is 18.2. The van der Waals surface area contributed by atoms with E-state index < -0.39 is 69.4 Å². The summed E-state index contributed by atoms with van der Waals surface area (Å²) in [6.45, 7) is 11.3. The average Bonchev–Trinajstić information content (AvgIpc) is 1.63. The number of aliphatic hydroxyl groups excluding tert-OH is 5. The van der Waals surface area contributed by atoms with Gasteiger partial charge in [0.2, 0.25) is 0 Å². The highest BCUT2D eigenvalue weighted by atomic mass is 35.5. The van der Waals surface area contributed by atoms with Crippen LogP contribution in [-0.4, -0.2) is 153 Å². The number of aromatic nitrogens is 13. The van der Waals surface area contributed by atoms with Crippen LogP contribution in [-0.2, 0) is 99.3 Å². The molecule has 10 aliphatic heterocycles. The first-order chi connectivity index (χ1) is 57.3. The van der Waals surface area contributed by atoms with Gasteiger partial charge < -0.3 is 84.9 Å². The topological polar surface area (TPSA) is 335 Å². The maximum atomic E-state index is 13.2. The van der Waals surface area contributed by atoms with E-state index in [-0.39, 0.29) is 72.8 Å². The van der Waals surface area contributed by atoms with Crippen LogP contribution in [0.4, 0.5) is 26.3 Å². The van der Waals surface area contributed by atoms with Crippen LogP contribution < -0.4 is 26.6 Å². The summed E-state index contributed by atoms with van der Waals surface area (Å²) in [5.74, 6) is 0. The Hall–Kier alpha value is -5.81. The monoisotopic (exact) mass is 1840 g/mol. The van der Waals surface area contributed by atoms with E-state index in [0.717, 1.165) is 110 Å². The van der Waals surface area contributed by atoms with Gasteiger partial charge in [-0.3, -0.25) is 14.0 Å². The molecule has 10 aromatic heterocycles. The van der Waals surface area contributed by atoms with E-state index in [1.54, 1.807) is 40.5 Å². The van der Waals surface area contributed by atoms with Crippen LogP contribution in [0.25, 0.3) is 0 Å². The number of thiophene rings is 5.